The van der Waals surface area contributed by atoms with Gasteiger partial charge in [-0.25, -0.2) is 9.59 Å². The molecule has 1 N–H and O–H groups in total. The molecule has 0 saturated carbocycles. The molecule has 0 saturated heterocycles. The number of aryl methyl sites for hydroxylation is 1. The fourth-order valence-electron chi connectivity index (χ4n) is 1.41. The van der Waals surface area contributed by atoms with E-state index in [9.17, 15) is 9.59 Å². The van der Waals surface area contributed by atoms with E-state index < -0.39 is 18.0 Å². The lowest BCUT2D eigenvalue weighted by molar-refractivity contribution is -0.148. The molecule has 0 aliphatic carbocycles. The molecule has 0 bridgehead atoms. The maximum absolute atomic E-state index is 11.3. The quantitative estimate of drug-likeness (QED) is 0.776. The Morgan fingerprint density at radius 3 is 2.59 bits per heavy atom. The second kappa shape index (κ2) is 5.49. The SMILES string of the molecule is COC(=O)c1cc(CC(OC)C(=O)O)oc1C. The molecule has 94 valence electrons. The lowest BCUT2D eigenvalue weighted by Crippen LogP contribution is -2.24. The summed E-state index contributed by atoms with van der Waals surface area (Å²) in [6.45, 7) is 1.61. The van der Waals surface area contributed by atoms with Gasteiger partial charge in [-0.05, 0) is 13.0 Å². The highest BCUT2D eigenvalue weighted by Gasteiger charge is 2.22. The number of aliphatic carboxylic acids is 1. The number of methoxy groups -OCH3 is 2. The highest BCUT2D eigenvalue weighted by Crippen LogP contribution is 2.17. The van der Waals surface area contributed by atoms with Crippen LogP contribution in [0.3, 0.4) is 0 Å². The standard InChI is InChI=1S/C11H14O6/c1-6-8(11(14)16-3)4-7(17-6)5-9(15-2)10(12)13/h4,9H,5H2,1-3H3,(H,12,13). The number of ether oxygens (including phenoxy) is 2. The van der Waals surface area contributed by atoms with E-state index >= 15 is 0 Å². The van der Waals surface area contributed by atoms with E-state index in [2.05, 4.69) is 4.74 Å². The minimum atomic E-state index is -1.08. The number of carboxylic acids is 1. The third-order valence-corrected chi connectivity index (χ3v) is 2.32. The summed E-state index contributed by atoms with van der Waals surface area (Å²) < 4.78 is 14.6. The molecular weight excluding hydrogens is 228 g/mol. The van der Waals surface area contributed by atoms with E-state index in [0.29, 0.717) is 17.1 Å². The monoisotopic (exact) mass is 242 g/mol. The Kier molecular flexibility index (Phi) is 4.28. The van der Waals surface area contributed by atoms with Gasteiger partial charge in [0.15, 0.2) is 6.10 Å². The van der Waals surface area contributed by atoms with Crippen molar-refractivity contribution in [2.45, 2.75) is 19.4 Å². The van der Waals surface area contributed by atoms with Crippen LogP contribution in [-0.4, -0.2) is 37.4 Å². The predicted octanol–water partition coefficient (Wildman–Crippen LogP) is 1.02. The van der Waals surface area contributed by atoms with Crippen molar-refractivity contribution in [1.82, 2.24) is 0 Å². The molecule has 6 nitrogen and oxygen atoms in total. The van der Waals surface area contributed by atoms with E-state index in [1.165, 1.54) is 20.3 Å². The van der Waals surface area contributed by atoms with Crippen LogP contribution in [0.4, 0.5) is 0 Å². The molecular formula is C11H14O6. The first-order valence-corrected chi connectivity index (χ1v) is 4.92. The second-order valence-electron chi connectivity index (χ2n) is 3.44. The minimum Gasteiger partial charge on any atom is -0.479 e. The topological polar surface area (TPSA) is 86.0 Å². The number of carbonyl (C=O) groups excluding carboxylic acids is 1. The van der Waals surface area contributed by atoms with Gasteiger partial charge in [0.05, 0.1) is 7.11 Å². The van der Waals surface area contributed by atoms with E-state index in [1.807, 2.05) is 0 Å². The van der Waals surface area contributed by atoms with Crippen molar-refractivity contribution in [2.24, 2.45) is 0 Å². The van der Waals surface area contributed by atoms with Crippen LogP contribution in [-0.2, 0) is 20.7 Å². The molecule has 6 heteroatoms. The van der Waals surface area contributed by atoms with Crippen LogP contribution < -0.4 is 0 Å². The van der Waals surface area contributed by atoms with Gasteiger partial charge < -0.3 is 19.0 Å². The van der Waals surface area contributed by atoms with Crippen LogP contribution in [0.1, 0.15) is 21.9 Å². The van der Waals surface area contributed by atoms with Gasteiger partial charge in [0, 0.05) is 13.5 Å². The molecule has 0 radical (unpaired) electrons. The summed E-state index contributed by atoms with van der Waals surface area (Å²) in [6, 6.07) is 1.47. The number of hydrogen-bond acceptors (Lipinski definition) is 5. The van der Waals surface area contributed by atoms with Gasteiger partial charge >= 0.3 is 11.9 Å². The molecule has 1 unspecified atom stereocenters. The van der Waals surface area contributed by atoms with E-state index in [0.717, 1.165) is 0 Å². The molecule has 0 aliphatic rings. The van der Waals surface area contributed by atoms with Crippen molar-refractivity contribution >= 4 is 11.9 Å². The largest absolute Gasteiger partial charge is 0.479 e. The Labute approximate surface area is 98.1 Å². The molecule has 0 aromatic carbocycles. The van der Waals surface area contributed by atoms with Gasteiger partial charge in [-0.2, -0.15) is 0 Å². The summed E-state index contributed by atoms with van der Waals surface area (Å²) in [5.74, 6) is -0.827. The minimum absolute atomic E-state index is 0.0592. The van der Waals surface area contributed by atoms with Crippen LogP contribution in [0.2, 0.25) is 0 Å². The van der Waals surface area contributed by atoms with Crippen LogP contribution in [0.15, 0.2) is 10.5 Å². The van der Waals surface area contributed by atoms with Crippen molar-refractivity contribution in [2.75, 3.05) is 14.2 Å². The van der Waals surface area contributed by atoms with Crippen LogP contribution >= 0.6 is 0 Å². The van der Waals surface area contributed by atoms with Gasteiger partial charge in [0.1, 0.15) is 17.1 Å². The summed E-state index contributed by atoms with van der Waals surface area (Å²) >= 11 is 0. The molecule has 1 rings (SSSR count). The highest BCUT2D eigenvalue weighted by atomic mass is 16.5. The van der Waals surface area contributed by atoms with Crippen LogP contribution in [0.25, 0.3) is 0 Å². The summed E-state index contributed by atoms with van der Waals surface area (Å²) in [5, 5.41) is 8.81. The van der Waals surface area contributed by atoms with Crippen molar-refractivity contribution < 1.29 is 28.6 Å². The van der Waals surface area contributed by atoms with Crippen molar-refractivity contribution in [3.05, 3.63) is 23.2 Å². The highest BCUT2D eigenvalue weighted by molar-refractivity contribution is 5.90. The van der Waals surface area contributed by atoms with Gasteiger partial charge in [-0.3, -0.25) is 0 Å². The fourth-order valence-corrected chi connectivity index (χ4v) is 1.41. The molecule has 0 amide bonds. The zero-order valence-electron chi connectivity index (χ0n) is 9.85. The Morgan fingerprint density at radius 2 is 2.12 bits per heavy atom. The fraction of sp³-hybridized carbons (Fsp3) is 0.455. The molecule has 1 atom stereocenters. The first-order valence-electron chi connectivity index (χ1n) is 4.92. The summed E-state index contributed by atoms with van der Waals surface area (Å²) in [4.78, 5) is 22.1. The molecule has 1 heterocycles. The van der Waals surface area contributed by atoms with E-state index in [1.54, 1.807) is 6.92 Å². The average Bonchev–Trinajstić information content (AvgIpc) is 2.65. The van der Waals surface area contributed by atoms with Gasteiger partial charge in [-0.15, -0.1) is 0 Å². The lowest BCUT2D eigenvalue weighted by Gasteiger charge is -2.07. The van der Waals surface area contributed by atoms with E-state index in [4.69, 9.17) is 14.3 Å². The predicted molar refractivity (Wildman–Crippen MR) is 56.9 cm³/mol. The summed E-state index contributed by atoms with van der Waals surface area (Å²) in [7, 11) is 2.57. The van der Waals surface area contributed by atoms with Gasteiger partial charge in [0.2, 0.25) is 0 Å². The number of carbonyl (C=O) groups is 2. The Morgan fingerprint density at radius 1 is 1.47 bits per heavy atom. The first-order chi connectivity index (χ1) is 7.99. The van der Waals surface area contributed by atoms with Crippen LogP contribution in [0.5, 0.6) is 0 Å². The maximum Gasteiger partial charge on any atom is 0.341 e. The smallest absolute Gasteiger partial charge is 0.341 e. The normalized spacial score (nSPS) is 12.2. The third kappa shape index (κ3) is 3.07. The number of rotatable bonds is 5. The average molecular weight is 242 g/mol. The second-order valence-corrected chi connectivity index (χ2v) is 3.44. The number of esters is 1. The Hall–Kier alpha value is -1.82. The first kappa shape index (κ1) is 13.2. The van der Waals surface area contributed by atoms with Crippen molar-refractivity contribution in [3.8, 4) is 0 Å². The maximum atomic E-state index is 11.3. The molecule has 0 fully saturated rings. The van der Waals surface area contributed by atoms with Gasteiger partial charge in [-0.1, -0.05) is 0 Å². The third-order valence-electron chi connectivity index (χ3n) is 2.32. The molecule has 0 aliphatic heterocycles. The Balaban J connectivity index is 2.86. The molecule has 17 heavy (non-hydrogen) atoms. The zero-order chi connectivity index (χ0) is 13.0. The molecule has 1 aromatic rings. The lowest BCUT2D eigenvalue weighted by atomic mass is 10.2. The zero-order valence-corrected chi connectivity index (χ0v) is 9.85. The number of furan rings is 1. The number of hydrogen-bond donors (Lipinski definition) is 1. The van der Waals surface area contributed by atoms with Crippen molar-refractivity contribution in [1.29, 1.82) is 0 Å². The summed E-state index contributed by atoms with van der Waals surface area (Å²) in [5.41, 5.74) is 0.294. The molecule has 0 spiro atoms. The summed E-state index contributed by atoms with van der Waals surface area (Å²) in [6.07, 6.45) is -0.935. The van der Waals surface area contributed by atoms with Crippen molar-refractivity contribution in [3.63, 3.8) is 0 Å². The molecule has 1 aromatic heterocycles. The van der Waals surface area contributed by atoms with Crippen LogP contribution in [0, 0.1) is 6.92 Å². The Bertz CT molecular complexity index is 420. The van der Waals surface area contributed by atoms with E-state index in [-0.39, 0.29) is 6.42 Å². The van der Waals surface area contributed by atoms with Gasteiger partial charge in [0.25, 0.3) is 0 Å². The number of carboxylic acid groups (broad SMARTS) is 1.